The van der Waals surface area contributed by atoms with Gasteiger partial charge in [0.15, 0.2) is 0 Å². The molecule has 2 rings (SSSR count). The van der Waals surface area contributed by atoms with E-state index in [1.807, 2.05) is 6.92 Å². The van der Waals surface area contributed by atoms with Gasteiger partial charge in [-0.1, -0.05) is 19.1 Å². The SMILES string of the molecule is [CH2]C(C)c1ccc(C2CC2)c(OCC)c1. The third kappa shape index (κ3) is 2.34. The van der Waals surface area contributed by atoms with Crippen LogP contribution in [-0.4, -0.2) is 6.61 Å². The molecule has 1 atom stereocenters. The molecule has 1 unspecified atom stereocenters. The topological polar surface area (TPSA) is 9.23 Å². The fraction of sp³-hybridized carbons (Fsp3) is 0.500. The third-order valence-electron chi connectivity index (χ3n) is 2.92. The standard InChI is InChI=1S/C14H19O/c1-4-15-14-9-12(10(2)3)7-8-13(14)11-5-6-11/h7-11H,2,4-6H2,1,3H3. The Balaban J connectivity index is 2.30. The summed E-state index contributed by atoms with van der Waals surface area (Å²) < 4.78 is 5.70. The Kier molecular flexibility index (Phi) is 2.99. The van der Waals surface area contributed by atoms with Crippen LogP contribution in [-0.2, 0) is 0 Å². The lowest BCUT2D eigenvalue weighted by atomic mass is 9.99. The summed E-state index contributed by atoms with van der Waals surface area (Å²) in [5, 5.41) is 0. The van der Waals surface area contributed by atoms with Crippen LogP contribution in [0.15, 0.2) is 18.2 Å². The molecule has 0 heterocycles. The van der Waals surface area contributed by atoms with Crippen molar-refractivity contribution in [3.8, 4) is 5.75 Å². The van der Waals surface area contributed by atoms with Crippen LogP contribution in [0.25, 0.3) is 0 Å². The largest absolute Gasteiger partial charge is 0.494 e. The Morgan fingerprint density at radius 3 is 2.73 bits per heavy atom. The second kappa shape index (κ2) is 4.26. The molecule has 81 valence electrons. The van der Waals surface area contributed by atoms with Gasteiger partial charge in [-0.3, -0.25) is 0 Å². The van der Waals surface area contributed by atoms with Crippen LogP contribution >= 0.6 is 0 Å². The molecule has 0 aliphatic heterocycles. The summed E-state index contributed by atoms with van der Waals surface area (Å²) in [4.78, 5) is 0. The van der Waals surface area contributed by atoms with Gasteiger partial charge in [0.05, 0.1) is 6.61 Å². The van der Waals surface area contributed by atoms with Crippen molar-refractivity contribution in [2.24, 2.45) is 0 Å². The molecule has 0 bridgehead atoms. The minimum Gasteiger partial charge on any atom is -0.494 e. The van der Waals surface area contributed by atoms with E-state index in [1.165, 1.54) is 24.0 Å². The monoisotopic (exact) mass is 203 g/mol. The van der Waals surface area contributed by atoms with Gasteiger partial charge in [-0.25, -0.2) is 0 Å². The maximum Gasteiger partial charge on any atom is 0.123 e. The highest BCUT2D eigenvalue weighted by Crippen LogP contribution is 2.44. The molecule has 1 aromatic rings. The lowest BCUT2D eigenvalue weighted by Gasteiger charge is -2.13. The highest BCUT2D eigenvalue weighted by Gasteiger charge is 2.26. The normalized spacial score (nSPS) is 15.7. The van der Waals surface area contributed by atoms with E-state index in [2.05, 4.69) is 32.0 Å². The minimum absolute atomic E-state index is 0.331. The molecule has 1 heteroatoms. The van der Waals surface area contributed by atoms with Crippen LogP contribution in [0.5, 0.6) is 5.75 Å². The molecule has 0 spiro atoms. The van der Waals surface area contributed by atoms with E-state index in [0.717, 1.165) is 18.3 Å². The molecule has 0 saturated heterocycles. The Morgan fingerprint density at radius 1 is 1.47 bits per heavy atom. The zero-order valence-electron chi connectivity index (χ0n) is 9.62. The van der Waals surface area contributed by atoms with E-state index in [9.17, 15) is 0 Å². The molecular formula is C14H19O. The second-order valence-corrected chi connectivity index (χ2v) is 4.41. The summed E-state index contributed by atoms with van der Waals surface area (Å²) in [6.45, 7) is 8.94. The van der Waals surface area contributed by atoms with Gasteiger partial charge in [0.1, 0.15) is 5.75 Å². The molecule has 0 amide bonds. The van der Waals surface area contributed by atoms with Crippen LogP contribution in [0.2, 0.25) is 0 Å². The van der Waals surface area contributed by atoms with E-state index in [-0.39, 0.29) is 0 Å². The molecule has 1 aliphatic carbocycles. The predicted molar refractivity (Wildman–Crippen MR) is 63.4 cm³/mol. The van der Waals surface area contributed by atoms with Crippen molar-refractivity contribution in [2.45, 2.75) is 38.5 Å². The Labute approximate surface area is 92.5 Å². The minimum atomic E-state index is 0.331. The summed E-state index contributed by atoms with van der Waals surface area (Å²) >= 11 is 0. The maximum absolute atomic E-state index is 5.70. The molecule has 15 heavy (non-hydrogen) atoms. The van der Waals surface area contributed by atoms with Gasteiger partial charge in [-0.2, -0.15) is 0 Å². The van der Waals surface area contributed by atoms with Crippen molar-refractivity contribution >= 4 is 0 Å². The first-order valence-electron chi connectivity index (χ1n) is 5.82. The van der Waals surface area contributed by atoms with Crippen molar-refractivity contribution in [3.05, 3.63) is 36.2 Å². The van der Waals surface area contributed by atoms with Gasteiger partial charge in [-0.05, 0) is 55.7 Å². The average molecular weight is 203 g/mol. The highest BCUT2D eigenvalue weighted by atomic mass is 16.5. The molecule has 1 radical (unpaired) electrons. The van der Waals surface area contributed by atoms with Gasteiger partial charge in [0, 0.05) is 0 Å². The van der Waals surface area contributed by atoms with Gasteiger partial charge < -0.3 is 4.74 Å². The fourth-order valence-corrected chi connectivity index (χ4v) is 1.87. The van der Waals surface area contributed by atoms with Crippen molar-refractivity contribution in [3.63, 3.8) is 0 Å². The first-order valence-corrected chi connectivity index (χ1v) is 5.82. The van der Waals surface area contributed by atoms with Crippen molar-refractivity contribution in [1.82, 2.24) is 0 Å². The summed E-state index contributed by atoms with van der Waals surface area (Å²) in [5.74, 6) is 2.16. The third-order valence-corrected chi connectivity index (χ3v) is 2.92. The summed E-state index contributed by atoms with van der Waals surface area (Å²) in [6.07, 6.45) is 2.64. The van der Waals surface area contributed by atoms with E-state index >= 15 is 0 Å². The van der Waals surface area contributed by atoms with E-state index in [1.54, 1.807) is 0 Å². The molecule has 1 saturated carbocycles. The second-order valence-electron chi connectivity index (χ2n) is 4.41. The van der Waals surface area contributed by atoms with E-state index < -0.39 is 0 Å². The Bertz CT molecular complexity index is 337. The molecular weight excluding hydrogens is 184 g/mol. The summed E-state index contributed by atoms with van der Waals surface area (Å²) in [6, 6.07) is 6.57. The van der Waals surface area contributed by atoms with Crippen molar-refractivity contribution in [1.29, 1.82) is 0 Å². The molecule has 1 aliphatic rings. The Morgan fingerprint density at radius 2 is 2.20 bits per heavy atom. The van der Waals surface area contributed by atoms with Crippen molar-refractivity contribution in [2.75, 3.05) is 6.61 Å². The number of hydrogen-bond acceptors (Lipinski definition) is 1. The lowest BCUT2D eigenvalue weighted by molar-refractivity contribution is 0.336. The zero-order chi connectivity index (χ0) is 10.8. The Hall–Kier alpha value is -0.980. The van der Waals surface area contributed by atoms with Gasteiger partial charge in [-0.15, -0.1) is 0 Å². The summed E-state index contributed by atoms with van der Waals surface area (Å²) in [7, 11) is 0. The van der Waals surface area contributed by atoms with E-state index in [0.29, 0.717) is 5.92 Å². The highest BCUT2D eigenvalue weighted by molar-refractivity contribution is 5.43. The zero-order valence-corrected chi connectivity index (χ0v) is 9.62. The number of rotatable bonds is 4. The first-order chi connectivity index (χ1) is 7.22. The van der Waals surface area contributed by atoms with E-state index in [4.69, 9.17) is 4.74 Å². The van der Waals surface area contributed by atoms with Crippen LogP contribution < -0.4 is 4.74 Å². The number of hydrogen-bond donors (Lipinski definition) is 0. The average Bonchev–Trinajstić information content (AvgIpc) is 3.01. The molecule has 1 nitrogen and oxygen atoms in total. The van der Waals surface area contributed by atoms with Gasteiger partial charge >= 0.3 is 0 Å². The number of benzene rings is 1. The predicted octanol–water partition coefficient (Wildman–Crippen LogP) is 3.90. The van der Waals surface area contributed by atoms with Crippen LogP contribution in [0.4, 0.5) is 0 Å². The molecule has 1 fully saturated rings. The van der Waals surface area contributed by atoms with Crippen LogP contribution in [0.3, 0.4) is 0 Å². The smallest absolute Gasteiger partial charge is 0.123 e. The quantitative estimate of drug-likeness (QED) is 0.721. The van der Waals surface area contributed by atoms with Gasteiger partial charge in [0.2, 0.25) is 0 Å². The van der Waals surface area contributed by atoms with Crippen LogP contribution in [0.1, 0.15) is 49.7 Å². The van der Waals surface area contributed by atoms with Crippen LogP contribution in [0, 0.1) is 6.92 Å². The number of ether oxygens (including phenoxy) is 1. The molecule has 1 aromatic carbocycles. The fourth-order valence-electron chi connectivity index (χ4n) is 1.87. The first kappa shape index (κ1) is 10.5. The van der Waals surface area contributed by atoms with Crippen molar-refractivity contribution < 1.29 is 4.74 Å². The lowest BCUT2D eigenvalue weighted by Crippen LogP contribution is -1.98. The summed E-state index contributed by atoms with van der Waals surface area (Å²) in [5.41, 5.74) is 2.66. The molecule has 0 N–H and O–H groups in total. The van der Waals surface area contributed by atoms with Gasteiger partial charge in [0.25, 0.3) is 0 Å². The maximum atomic E-state index is 5.70. The molecule has 0 aromatic heterocycles.